The number of hydrogen-bond acceptors (Lipinski definition) is 4. The van der Waals surface area contributed by atoms with Gasteiger partial charge < -0.3 is 15.5 Å². The predicted molar refractivity (Wildman–Crippen MR) is 79.5 cm³/mol. The normalized spacial score (nSPS) is 22.2. The molecule has 0 saturated carbocycles. The van der Waals surface area contributed by atoms with Crippen LogP contribution < -0.4 is 11.1 Å². The predicted octanol–water partition coefficient (Wildman–Crippen LogP) is 2.99. The van der Waals surface area contributed by atoms with E-state index in [4.69, 9.17) is 10.2 Å². The van der Waals surface area contributed by atoms with Gasteiger partial charge in [0.2, 0.25) is 0 Å². The van der Waals surface area contributed by atoms with Crippen molar-refractivity contribution >= 4 is 5.96 Å². The first-order chi connectivity index (χ1) is 9.63. The molecular weight excluding hydrogens is 250 g/mol. The van der Waals surface area contributed by atoms with E-state index in [9.17, 15) is 0 Å². The van der Waals surface area contributed by atoms with Crippen LogP contribution >= 0.6 is 0 Å². The molecule has 0 radical (unpaired) electrons. The minimum atomic E-state index is 0.0747. The van der Waals surface area contributed by atoms with Gasteiger partial charge in [-0.15, -0.1) is 0 Å². The Morgan fingerprint density at radius 2 is 2.10 bits per heavy atom. The molecule has 1 aromatic heterocycles. The Morgan fingerprint density at radius 1 is 1.25 bits per heavy atom. The summed E-state index contributed by atoms with van der Waals surface area (Å²) in [6.07, 6.45) is 2.53. The number of aryl methyl sites for hydroxylation is 2. The number of hydrogen-bond donors (Lipinski definition) is 2. The summed E-state index contributed by atoms with van der Waals surface area (Å²) in [5.41, 5.74) is 9.70. The lowest BCUT2D eigenvalue weighted by Crippen LogP contribution is -2.39. The molecule has 0 saturated heterocycles. The molecule has 3 N–H and O–H groups in total. The fourth-order valence-corrected chi connectivity index (χ4v) is 2.58. The van der Waals surface area contributed by atoms with Crippen molar-refractivity contribution in [1.29, 1.82) is 0 Å². The summed E-state index contributed by atoms with van der Waals surface area (Å²) in [6, 6.07) is 10.5. The first-order valence-corrected chi connectivity index (χ1v) is 6.84. The molecular formula is C16H19N3O. The number of nitrogens with two attached hydrogens (primary N) is 1. The van der Waals surface area contributed by atoms with Crippen molar-refractivity contribution in [1.82, 2.24) is 5.32 Å². The zero-order chi connectivity index (χ0) is 14.1. The topological polar surface area (TPSA) is 63.5 Å². The Kier molecular flexibility index (Phi) is 3.22. The summed E-state index contributed by atoms with van der Waals surface area (Å²) in [7, 11) is 0. The van der Waals surface area contributed by atoms with E-state index in [1.807, 2.05) is 12.1 Å². The molecule has 4 heteroatoms. The largest absolute Gasteiger partial charge is 0.467 e. The lowest BCUT2D eigenvalue weighted by Gasteiger charge is -2.27. The molecule has 0 spiro atoms. The maximum atomic E-state index is 5.92. The highest BCUT2D eigenvalue weighted by molar-refractivity contribution is 5.79. The van der Waals surface area contributed by atoms with Gasteiger partial charge in [-0.1, -0.05) is 18.2 Å². The lowest BCUT2D eigenvalue weighted by molar-refractivity contribution is 0.395. The Bertz CT molecular complexity index is 631. The minimum Gasteiger partial charge on any atom is -0.467 e. The molecule has 4 nitrogen and oxygen atoms in total. The summed E-state index contributed by atoms with van der Waals surface area (Å²) < 4.78 is 5.48. The van der Waals surface area contributed by atoms with Crippen molar-refractivity contribution in [2.75, 3.05) is 0 Å². The van der Waals surface area contributed by atoms with Gasteiger partial charge in [0.1, 0.15) is 5.76 Å². The third-order valence-electron chi connectivity index (χ3n) is 3.88. The molecule has 2 unspecified atom stereocenters. The van der Waals surface area contributed by atoms with E-state index in [1.54, 1.807) is 6.26 Å². The number of rotatable bonds is 2. The smallest absolute Gasteiger partial charge is 0.189 e. The molecule has 20 heavy (non-hydrogen) atoms. The van der Waals surface area contributed by atoms with Crippen LogP contribution in [0.1, 0.15) is 41.0 Å². The summed E-state index contributed by atoms with van der Waals surface area (Å²) in [4.78, 5) is 4.53. The molecule has 104 valence electrons. The van der Waals surface area contributed by atoms with Gasteiger partial charge in [-0.25, -0.2) is 4.99 Å². The number of furan rings is 1. The van der Waals surface area contributed by atoms with Gasteiger partial charge in [0.05, 0.1) is 18.3 Å². The number of nitrogens with zero attached hydrogens (tertiary/aromatic N) is 1. The van der Waals surface area contributed by atoms with Crippen molar-refractivity contribution in [3.05, 3.63) is 59.0 Å². The molecule has 1 aromatic carbocycles. The van der Waals surface area contributed by atoms with Gasteiger partial charge in [0.25, 0.3) is 0 Å². The second-order valence-electron chi connectivity index (χ2n) is 5.32. The zero-order valence-corrected chi connectivity index (χ0v) is 11.8. The van der Waals surface area contributed by atoms with E-state index in [1.165, 1.54) is 16.7 Å². The zero-order valence-electron chi connectivity index (χ0n) is 11.8. The van der Waals surface area contributed by atoms with Crippen molar-refractivity contribution in [2.24, 2.45) is 10.7 Å². The highest BCUT2D eigenvalue weighted by atomic mass is 16.3. The molecule has 0 aliphatic carbocycles. The van der Waals surface area contributed by atoms with E-state index in [-0.39, 0.29) is 12.1 Å². The molecule has 1 aliphatic rings. The average molecular weight is 269 g/mol. The van der Waals surface area contributed by atoms with Gasteiger partial charge in [0.15, 0.2) is 5.96 Å². The third-order valence-corrected chi connectivity index (χ3v) is 3.88. The number of nitrogens with one attached hydrogen (secondary N) is 1. The van der Waals surface area contributed by atoms with Crippen LogP contribution in [0.15, 0.2) is 46.0 Å². The van der Waals surface area contributed by atoms with Crippen LogP contribution in [-0.4, -0.2) is 5.96 Å². The van der Waals surface area contributed by atoms with Crippen LogP contribution in [0, 0.1) is 13.8 Å². The Hall–Kier alpha value is -2.23. The van der Waals surface area contributed by atoms with Gasteiger partial charge in [0, 0.05) is 6.42 Å². The molecule has 0 amide bonds. The van der Waals surface area contributed by atoms with Crippen molar-refractivity contribution in [3.8, 4) is 0 Å². The minimum absolute atomic E-state index is 0.0747. The fourth-order valence-electron chi connectivity index (χ4n) is 2.58. The summed E-state index contributed by atoms with van der Waals surface area (Å²) in [5, 5.41) is 3.18. The SMILES string of the molecule is Cc1ccc(C2CC(c3ccco3)NC(N)=N2)cc1C. The van der Waals surface area contributed by atoms with Crippen molar-refractivity contribution in [3.63, 3.8) is 0 Å². The van der Waals surface area contributed by atoms with Crippen LogP contribution in [0.4, 0.5) is 0 Å². The van der Waals surface area contributed by atoms with Crippen LogP contribution in [0.5, 0.6) is 0 Å². The van der Waals surface area contributed by atoms with Crippen LogP contribution in [0.3, 0.4) is 0 Å². The van der Waals surface area contributed by atoms with Gasteiger partial charge in [-0.2, -0.15) is 0 Å². The molecule has 3 rings (SSSR count). The monoisotopic (exact) mass is 269 g/mol. The number of benzene rings is 1. The summed E-state index contributed by atoms with van der Waals surface area (Å²) in [6.45, 7) is 4.24. The van der Waals surface area contributed by atoms with Crippen LogP contribution in [-0.2, 0) is 0 Å². The molecule has 0 bridgehead atoms. The van der Waals surface area contributed by atoms with Gasteiger partial charge in [-0.05, 0) is 42.7 Å². The van der Waals surface area contributed by atoms with E-state index in [0.717, 1.165) is 12.2 Å². The fraction of sp³-hybridized carbons (Fsp3) is 0.312. The molecule has 1 aliphatic heterocycles. The Labute approximate surface area is 118 Å². The van der Waals surface area contributed by atoms with E-state index >= 15 is 0 Å². The van der Waals surface area contributed by atoms with Crippen LogP contribution in [0.2, 0.25) is 0 Å². The number of guanidine groups is 1. The molecule has 2 aromatic rings. The first-order valence-electron chi connectivity index (χ1n) is 6.84. The Balaban J connectivity index is 1.89. The third kappa shape index (κ3) is 2.41. The van der Waals surface area contributed by atoms with E-state index in [0.29, 0.717) is 5.96 Å². The quantitative estimate of drug-likeness (QED) is 0.881. The average Bonchev–Trinajstić information content (AvgIpc) is 2.95. The molecule has 2 heterocycles. The maximum absolute atomic E-state index is 5.92. The summed E-state index contributed by atoms with van der Waals surface area (Å²) >= 11 is 0. The molecule has 0 fully saturated rings. The first kappa shape index (κ1) is 12.8. The van der Waals surface area contributed by atoms with Gasteiger partial charge in [-0.3, -0.25) is 0 Å². The number of aliphatic imine (C=N–C) groups is 1. The second-order valence-corrected chi connectivity index (χ2v) is 5.32. The Morgan fingerprint density at radius 3 is 2.80 bits per heavy atom. The lowest BCUT2D eigenvalue weighted by atomic mass is 9.94. The highest BCUT2D eigenvalue weighted by Crippen LogP contribution is 2.33. The highest BCUT2D eigenvalue weighted by Gasteiger charge is 2.26. The van der Waals surface area contributed by atoms with Crippen LogP contribution in [0.25, 0.3) is 0 Å². The van der Waals surface area contributed by atoms with E-state index in [2.05, 4.69) is 42.4 Å². The standard InChI is InChI=1S/C16H19N3O/c1-10-5-6-12(8-11(10)2)13-9-14(19-16(17)18-13)15-4-3-7-20-15/h3-8,13-14H,9H2,1-2H3,(H3,17,18,19). The van der Waals surface area contributed by atoms with Crippen molar-refractivity contribution in [2.45, 2.75) is 32.4 Å². The van der Waals surface area contributed by atoms with Gasteiger partial charge >= 0.3 is 0 Å². The maximum Gasteiger partial charge on any atom is 0.189 e. The summed E-state index contributed by atoms with van der Waals surface area (Å²) in [5.74, 6) is 1.37. The second kappa shape index (κ2) is 5.04. The van der Waals surface area contributed by atoms with E-state index < -0.39 is 0 Å². The van der Waals surface area contributed by atoms with Crippen molar-refractivity contribution < 1.29 is 4.42 Å². The molecule has 2 atom stereocenters.